The van der Waals surface area contributed by atoms with E-state index in [4.69, 9.17) is 40.2 Å². The van der Waals surface area contributed by atoms with E-state index in [1.807, 2.05) is 0 Å². The standard InChI is InChI=1S/C24H23Cl2N5O6S3/c25-21-9-8-20(15-22(21)26)39(33,34)30-18-3-1-2-16(14-18)23(32)28-29-24(38)27-17-4-6-19(7-5-17)40(35,36)31-10-12-37-13-11-31/h1-9,14-15,30H,10-13H2,(H,28,32)(H2,27,29,38). The number of benzene rings is 3. The maximum atomic E-state index is 12.7. The van der Waals surface area contributed by atoms with Crippen molar-refractivity contribution in [2.45, 2.75) is 9.79 Å². The fourth-order valence-electron chi connectivity index (χ4n) is 3.58. The highest BCUT2D eigenvalue weighted by Crippen LogP contribution is 2.26. The summed E-state index contributed by atoms with van der Waals surface area (Å²) in [5, 5.41) is 3.18. The van der Waals surface area contributed by atoms with Gasteiger partial charge < -0.3 is 10.1 Å². The minimum atomic E-state index is -3.99. The first kappa shape index (κ1) is 30.0. The summed E-state index contributed by atoms with van der Waals surface area (Å²) < 4.78 is 59.9. The van der Waals surface area contributed by atoms with Crippen molar-refractivity contribution in [2.24, 2.45) is 0 Å². The summed E-state index contributed by atoms with van der Waals surface area (Å²) in [7, 11) is -7.62. The molecule has 3 aromatic rings. The molecule has 4 rings (SSSR count). The molecule has 3 aromatic carbocycles. The van der Waals surface area contributed by atoms with Crippen LogP contribution in [0, 0.1) is 0 Å². The molecule has 0 spiro atoms. The second kappa shape index (κ2) is 12.7. The minimum Gasteiger partial charge on any atom is -0.379 e. The summed E-state index contributed by atoms with van der Waals surface area (Å²) in [5.41, 5.74) is 5.74. The van der Waals surface area contributed by atoms with Crippen molar-refractivity contribution in [3.63, 3.8) is 0 Å². The Morgan fingerprint density at radius 1 is 0.825 bits per heavy atom. The van der Waals surface area contributed by atoms with E-state index in [-0.39, 0.29) is 36.2 Å². The third-order valence-electron chi connectivity index (χ3n) is 5.59. The molecule has 1 saturated heterocycles. The molecule has 40 heavy (non-hydrogen) atoms. The van der Waals surface area contributed by atoms with E-state index >= 15 is 0 Å². The number of anilines is 2. The Morgan fingerprint density at radius 2 is 1.50 bits per heavy atom. The highest BCUT2D eigenvalue weighted by molar-refractivity contribution is 7.92. The van der Waals surface area contributed by atoms with Crippen molar-refractivity contribution in [1.82, 2.24) is 15.2 Å². The highest BCUT2D eigenvalue weighted by Gasteiger charge is 2.26. The lowest BCUT2D eigenvalue weighted by Gasteiger charge is -2.26. The van der Waals surface area contributed by atoms with E-state index < -0.39 is 26.0 Å². The van der Waals surface area contributed by atoms with E-state index in [9.17, 15) is 21.6 Å². The third-order valence-corrected chi connectivity index (χ3v) is 9.82. The Hall–Kier alpha value is -2.98. The first-order chi connectivity index (χ1) is 19.0. The normalized spacial score (nSPS) is 14.2. The number of amides is 1. The number of thiocarbonyl (C=S) groups is 1. The summed E-state index contributed by atoms with van der Waals surface area (Å²) in [6, 6.07) is 15.7. The fraction of sp³-hybridized carbons (Fsp3) is 0.167. The third kappa shape index (κ3) is 7.40. The summed E-state index contributed by atoms with van der Waals surface area (Å²) in [6.45, 7) is 1.29. The number of hydrogen-bond donors (Lipinski definition) is 4. The second-order valence-electron chi connectivity index (χ2n) is 8.34. The van der Waals surface area contributed by atoms with Crippen molar-refractivity contribution in [2.75, 3.05) is 36.3 Å². The van der Waals surface area contributed by atoms with E-state index in [0.717, 1.165) is 0 Å². The van der Waals surface area contributed by atoms with E-state index in [1.54, 1.807) is 12.1 Å². The van der Waals surface area contributed by atoms with E-state index in [1.165, 1.54) is 58.9 Å². The molecule has 0 unspecified atom stereocenters. The van der Waals surface area contributed by atoms with Crippen LogP contribution in [0.5, 0.6) is 0 Å². The van der Waals surface area contributed by atoms with Gasteiger partial charge in [0.25, 0.3) is 15.9 Å². The van der Waals surface area contributed by atoms with Crippen LogP contribution >= 0.6 is 35.4 Å². The molecule has 4 N–H and O–H groups in total. The number of hydrogen-bond acceptors (Lipinski definition) is 7. The summed E-state index contributed by atoms with van der Waals surface area (Å²) in [5.74, 6) is -0.591. The van der Waals surface area contributed by atoms with Gasteiger partial charge >= 0.3 is 0 Å². The topological polar surface area (TPSA) is 146 Å². The fourth-order valence-corrected chi connectivity index (χ4v) is 6.59. The number of rotatable bonds is 7. The summed E-state index contributed by atoms with van der Waals surface area (Å²) in [4.78, 5) is 12.7. The molecular weight excluding hydrogens is 621 g/mol. The lowest BCUT2D eigenvalue weighted by molar-refractivity contribution is 0.0730. The Labute approximate surface area is 246 Å². The Bertz CT molecular complexity index is 1630. The molecule has 0 radical (unpaired) electrons. The van der Waals surface area contributed by atoms with Gasteiger partial charge in [0.1, 0.15) is 0 Å². The Balaban J connectivity index is 1.33. The Morgan fingerprint density at radius 3 is 2.17 bits per heavy atom. The molecule has 1 amide bonds. The quantitative estimate of drug-likeness (QED) is 0.225. The molecule has 16 heteroatoms. The van der Waals surface area contributed by atoms with Crippen LogP contribution in [-0.4, -0.2) is 58.5 Å². The largest absolute Gasteiger partial charge is 0.379 e. The van der Waals surface area contributed by atoms with Gasteiger partial charge in [-0.3, -0.25) is 20.4 Å². The zero-order valence-electron chi connectivity index (χ0n) is 20.6. The van der Waals surface area contributed by atoms with Crippen LogP contribution in [0.3, 0.4) is 0 Å². The molecule has 1 aliphatic rings. The van der Waals surface area contributed by atoms with Gasteiger partial charge in [0.2, 0.25) is 10.0 Å². The van der Waals surface area contributed by atoms with Crippen LogP contribution < -0.4 is 20.9 Å². The van der Waals surface area contributed by atoms with Gasteiger partial charge in [-0.2, -0.15) is 4.31 Å². The maximum absolute atomic E-state index is 12.7. The first-order valence-corrected chi connectivity index (χ1v) is 15.7. The monoisotopic (exact) mass is 643 g/mol. The van der Waals surface area contributed by atoms with Gasteiger partial charge in [-0.15, -0.1) is 0 Å². The first-order valence-electron chi connectivity index (χ1n) is 11.6. The smallest absolute Gasteiger partial charge is 0.269 e. The minimum absolute atomic E-state index is 0.0358. The molecule has 0 aromatic heterocycles. The zero-order chi connectivity index (χ0) is 28.9. The summed E-state index contributed by atoms with van der Waals surface area (Å²) in [6.07, 6.45) is 0. The number of sulfonamides is 2. The van der Waals surface area contributed by atoms with E-state index in [0.29, 0.717) is 32.0 Å². The van der Waals surface area contributed by atoms with Gasteiger partial charge in [0.05, 0.1) is 33.0 Å². The number of carbonyl (C=O) groups is 1. The molecule has 0 aliphatic carbocycles. The number of halogens is 2. The van der Waals surface area contributed by atoms with Crippen LogP contribution in [0.4, 0.5) is 11.4 Å². The number of carbonyl (C=O) groups excluding carboxylic acids is 1. The van der Waals surface area contributed by atoms with Crippen molar-refractivity contribution < 1.29 is 26.4 Å². The van der Waals surface area contributed by atoms with Gasteiger partial charge in [-0.25, -0.2) is 16.8 Å². The zero-order valence-corrected chi connectivity index (χ0v) is 24.5. The van der Waals surface area contributed by atoms with Gasteiger partial charge in [0, 0.05) is 30.0 Å². The van der Waals surface area contributed by atoms with Crippen molar-refractivity contribution in [3.8, 4) is 0 Å². The lowest BCUT2D eigenvalue weighted by atomic mass is 10.2. The van der Waals surface area contributed by atoms with Crippen molar-refractivity contribution in [1.29, 1.82) is 0 Å². The molecule has 0 atom stereocenters. The van der Waals surface area contributed by atoms with Crippen molar-refractivity contribution in [3.05, 3.63) is 82.3 Å². The molecule has 1 aliphatic heterocycles. The molecule has 212 valence electrons. The average molecular weight is 645 g/mol. The number of ether oxygens (including phenoxy) is 1. The van der Waals surface area contributed by atoms with Crippen LogP contribution in [0.15, 0.2) is 76.5 Å². The van der Waals surface area contributed by atoms with Crippen LogP contribution in [0.1, 0.15) is 10.4 Å². The number of hydrazine groups is 1. The van der Waals surface area contributed by atoms with E-state index in [2.05, 4.69) is 20.9 Å². The van der Waals surface area contributed by atoms with Crippen LogP contribution in [-0.2, 0) is 24.8 Å². The maximum Gasteiger partial charge on any atom is 0.269 e. The highest BCUT2D eigenvalue weighted by atomic mass is 35.5. The second-order valence-corrected chi connectivity index (χ2v) is 13.2. The predicted molar refractivity (Wildman–Crippen MR) is 157 cm³/mol. The van der Waals surface area contributed by atoms with Gasteiger partial charge in [-0.1, -0.05) is 29.3 Å². The predicted octanol–water partition coefficient (Wildman–Crippen LogP) is 3.45. The average Bonchev–Trinajstić information content (AvgIpc) is 2.94. The number of nitrogens with zero attached hydrogens (tertiary/aromatic N) is 1. The molecule has 11 nitrogen and oxygen atoms in total. The Kier molecular flexibility index (Phi) is 9.51. The van der Waals surface area contributed by atoms with Gasteiger partial charge in [0.15, 0.2) is 5.11 Å². The van der Waals surface area contributed by atoms with Gasteiger partial charge in [-0.05, 0) is 72.9 Å². The molecule has 0 bridgehead atoms. The van der Waals surface area contributed by atoms with Crippen LogP contribution in [0.2, 0.25) is 10.0 Å². The molecule has 0 saturated carbocycles. The lowest BCUT2D eigenvalue weighted by Crippen LogP contribution is -2.43. The molecular formula is C24H23Cl2N5O6S3. The number of nitrogens with one attached hydrogen (secondary N) is 4. The summed E-state index contributed by atoms with van der Waals surface area (Å²) >= 11 is 17.0. The molecule has 1 fully saturated rings. The SMILES string of the molecule is O=C(NNC(=S)Nc1ccc(S(=O)(=O)N2CCOCC2)cc1)c1cccc(NS(=O)(=O)c2ccc(Cl)c(Cl)c2)c1. The molecule has 1 heterocycles. The van der Waals surface area contributed by atoms with Crippen molar-refractivity contribution >= 4 is 77.9 Å². The number of morpholine rings is 1. The van der Waals surface area contributed by atoms with Crippen LogP contribution in [0.25, 0.3) is 0 Å².